The lowest BCUT2D eigenvalue weighted by Gasteiger charge is -2.33. The van der Waals surface area contributed by atoms with Gasteiger partial charge in [-0.2, -0.15) is 4.98 Å². The average molecular weight is 331 g/mol. The zero-order valence-electron chi connectivity index (χ0n) is 13.8. The van der Waals surface area contributed by atoms with Gasteiger partial charge in [0.1, 0.15) is 5.76 Å². The number of amides is 1. The third-order valence-electron chi connectivity index (χ3n) is 4.75. The molecule has 0 saturated carbocycles. The van der Waals surface area contributed by atoms with E-state index in [1.807, 2.05) is 4.90 Å². The number of rotatable bonds is 3. The molecule has 128 valence electrons. The first-order chi connectivity index (χ1) is 11.7. The molecule has 0 spiro atoms. The summed E-state index contributed by atoms with van der Waals surface area (Å²) in [6.07, 6.45) is 4.01. The fourth-order valence-electron chi connectivity index (χ4n) is 3.42. The van der Waals surface area contributed by atoms with Crippen molar-refractivity contribution >= 4 is 5.91 Å². The molecule has 2 aromatic rings. The van der Waals surface area contributed by atoms with Crippen molar-refractivity contribution in [1.29, 1.82) is 0 Å². The van der Waals surface area contributed by atoms with Gasteiger partial charge in [-0.3, -0.25) is 9.69 Å². The summed E-state index contributed by atoms with van der Waals surface area (Å²) in [6, 6.07) is 0. The second-order valence-electron chi connectivity index (χ2n) is 6.44. The molecule has 1 aliphatic heterocycles. The first-order valence-corrected chi connectivity index (χ1v) is 8.49. The Morgan fingerprint density at radius 3 is 2.62 bits per heavy atom. The van der Waals surface area contributed by atoms with Crippen LogP contribution in [0.5, 0.6) is 0 Å². The lowest BCUT2D eigenvalue weighted by Crippen LogP contribution is -2.48. The second kappa shape index (κ2) is 6.35. The Hall–Kier alpha value is -2.22. The Morgan fingerprint density at radius 2 is 1.88 bits per heavy atom. The molecule has 0 aromatic carbocycles. The average Bonchev–Trinajstić information content (AvgIpc) is 3.21. The van der Waals surface area contributed by atoms with E-state index in [1.54, 1.807) is 6.92 Å². The van der Waals surface area contributed by atoms with Crippen LogP contribution in [-0.2, 0) is 19.4 Å². The first kappa shape index (κ1) is 15.3. The molecule has 1 amide bonds. The molecule has 1 fully saturated rings. The van der Waals surface area contributed by atoms with Crippen LogP contribution >= 0.6 is 0 Å². The molecule has 1 saturated heterocycles. The number of carbonyl (C=O) groups is 1. The van der Waals surface area contributed by atoms with Crippen LogP contribution in [0.4, 0.5) is 0 Å². The van der Waals surface area contributed by atoms with E-state index in [0.29, 0.717) is 37.0 Å². The fraction of sp³-hybridized carbons (Fsp3) is 0.625. The SMILES string of the molecule is Cc1nc(CN2CCN(C(=O)c3noc4c3CCCC4)CC2)no1. The van der Waals surface area contributed by atoms with E-state index in [-0.39, 0.29) is 5.91 Å². The van der Waals surface area contributed by atoms with E-state index >= 15 is 0 Å². The van der Waals surface area contributed by atoms with Gasteiger partial charge < -0.3 is 13.9 Å². The quantitative estimate of drug-likeness (QED) is 0.835. The molecule has 3 heterocycles. The van der Waals surface area contributed by atoms with Gasteiger partial charge in [-0.15, -0.1) is 0 Å². The summed E-state index contributed by atoms with van der Waals surface area (Å²) in [6.45, 7) is 5.37. The summed E-state index contributed by atoms with van der Waals surface area (Å²) < 4.78 is 10.4. The number of carbonyl (C=O) groups excluding carboxylic acids is 1. The van der Waals surface area contributed by atoms with Gasteiger partial charge in [0, 0.05) is 45.1 Å². The van der Waals surface area contributed by atoms with Crippen LogP contribution in [0.2, 0.25) is 0 Å². The van der Waals surface area contributed by atoms with Gasteiger partial charge in [0.05, 0.1) is 6.54 Å². The van der Waals surface area contributed by atoms with E-state index in [9.17, 15) is 4.79 Å². The van der Waals surface area contributed by atoms with Crippen LogP contribution in [-0.4, -0.2) is 57.2 Å². The zero-order valence-corrected chi connectivity index (χ0v) is 13.8. The Balaban J connectivity index is 1.37. The lowest BCUT2D eigenvalue weighted by atomic mass is 9.96. The van der Waals surface area contributed by atoms with E-state index in [0.717, 1.165) is 50.1 Å². The minimum Gasteiger partial charge on any atom is -0.360 e. The second-order valence-corrected chi connectivity index (χ2v) is 6.44. The maximum absolute atomic E-state index is 12.7. The molecule has 2 aliphatic rings. The highest BCUT2D eigenvalue weighted by molar-refractivity contribution is 5.94. The van der Waals surface area contributed by atoms with E-state index in [1.165, 1.54) is 0 Å². The summed E-state index contributed by atoms with van der Waals surface area (Å²) in [4.78, 5) is 21.1. The van der Waals surface area contributed by atoms with Crippen molar-refractivity contribution < 1.29 is 13.8 Å². The lowest BCUT2D eigenvalue weighted by molar-refractivity contribution is 0.0613. The molecule has 0 radical (unpaired) electrons. The molecule has 0 N–H and O–H groups in total. The predicted octanol–water partition coefficient (Wildman–Crippen LogP) is 1.20. The molecule has 0 bridgehead atoms. The van der Waals surface area contributed by atoms with Crippen molar-refractivity contribution in [3.05, 3.63) is 28.7 Å². The highest BCUT2D eigenvalue weighted by Crippen LogP contribution is 2.25. The number of piperazine rings is 1. The molecule has 8 nitrogen and oxygen atoms in total. The van der Waals surface area contributed by atoms with E-state index in [2.05, 4.69) is 20.2 Å². The highest BCUT2D eigenvalue weighted by atomic mass is 16.5. The zero-order chi connectivity index (χ0) is 16.5. The van der Waals surface area contributed by atoms with Gasteiger partial charge >= 0.3 is 0 Å². The predicted molar refractivity (Wildman–Crippen MR) is 83.4 cm³/mol. The van der Waals surface area contributed by atoms with Gasteiger partial charge in [0.2, 0.25) is 5.89 Å². The third-order valence-corrected chi connectivity index (χ3v) is 4.75. The minimum absolute atomic E-state index is 0.00282. The van der Waals surface area contributed by atoms with Crippen molar-refractivity contribution in [2.45, 2.75) is 39.2 Å². The molecule has 0 atom stereocenters. The molecule has 4 rings (SSSR count). The van der Waals surface area contributed by atoms with Crippen molar-refractivity contribution in [1.82, 2.24) is 25.1 Å². The number of nitrogens with zero attached hydrogens (tertiary/aromatic N) is 5. The van der Waals surface area contributed by atoms with Gasteiger partial charge in [-0.05, 0) is 19.3 Å². The molecule has 1 aliphatic carbocycles. The van der Waals surface area contributed by atoms with Crippen molar-refractivity contribution in [2.75, 3.05) is 26.2 Å². The number of fused-ring (bicyclic) bond motifs is 1. The number of aryl methyl sites for hydroxylation is 2. The van der Waals surface area contributed by atoms with Gasteiger partial charge in [-0.1, -0.05) is 10.3 Å². The van der Waals surface area contributed by atoms with Gasteiger partial charge in [0.25, 0.3) is 5.91 Å². The largest absolute Gasteiger partial charge is 0.360 e. The Kier molecular flexibility index (Phi) is 4.05. The standard InChI is InChI=1S/C16H21N5O3/c1-11-17-14(18-23-11)10-20-6-8-21(9-7-20)16(22)15-12-4-2-3-5-13(12)24-19-15/h2-10H2,1H3. The van der Waals surface area contributed by atoms with Crippen LogP contribution in [0.3, 0.4) is 0 Å². The maximum atomic E-state index is 12.7. The molecule has 0 unspecified atom stereocenters. The van der Waals surface area contributed by atoms with Crippen LogP contribution in [0, 0.1) is 6.92 Å². The number of aromatic nitrogens is 3. The topological polar surface area (TPSA) is 88.5 Å². The molecular formula is C16H21N5O3. The number of hydrogen-bond acceptors (Lipinski definition) is 7. The third kappa shape index (κ3) is 2.93. The van der Waals surface area contributed by atoms with Gasteiger partial charge in [0.15, 0.2) is 11.5 Å². The molecule has 24 heavy (non-hydrogen) atoms. The van der Waals surface area contributed by atoms with E-state index in [4.69, 9.17) is 9.05 Å². The smallest absolute Gasteiger partial charge is 0.276 e. The minimum atomic E-state index is -0.00282. The van der Waals surface area contributed by atoms with Crippen LogP contribution in [0.1, 0.15) is 46.4 Å². The van der Waals surface area contributed by atoms with Crippen molar-refractivity contribution in [2.24, 2.45) is 0 Å². The van der Waals surface area contributed by atoms with Crippen molar-refractivity contribution in [3.8, 4) is 0 Å². The Labute approximate surface area is 139 Å². The maximum Gasteiger partial charge on any atom is 0.276 e. The molecule has 8 heteroatoms. The van der Waals surface area contributed by atoms with Crippen LogP contribution in [0.15, 0.2) is 9.05 Å². The summed E-state index contributed by atoms with van der Waals surface area (Å²) in [5, 5.41) is 7.97. The van der Waals surface area contributed by atoms with Crippen molar-refractivity contribution in [3.63, 3.8) is 0 Å². The molecular weight excluding hydrogens is 310 g/mol. The van der Waals surface area contributed by atoms with Crippen LogP contribution in [0.25, 0.3) is 0 Å². The first-order valence-electron chi connectivity index (χ1n) is 8.49. The summed E-state index contributed by atoms with van der Waals surface area (Å²) >= 11 is 0. The summed E-state index contributed by atoms with van der Waals surface area (Å²) in [7, 11) is 0. The van der Waals surface area contributed by atoms with E-state index < -0.39 is 0 Å². The Bertz CT molecular complexity index is 730. The highest BCUT2D eigenvalue weighted by Gasteiger charge is 2.29. The summed E-state index contributed by atoms with van der Waals surface area (Å²) in [5.41, 5.74) is 1.54. The monoisotopic (exact) mass is 331 g/mol. The number of hydrogen-bond donors (Lipinski definition) is 0. The fourth-order valence-corrected chi connectivity index (χ4v) is 3.42. The normalized spacial score (nSPS) is 18.6. The van der Waals surface area contributed by atoms with Gasteiger partial charge in [-0.25, -0.2) is 0 Å². The Morgan fingerprint density at radius 1 is 1.08 bits per heavy atom. The van der Waals surface area contributed by atoms with Crippen LogP contribution < -0.4 is 0 Å². The molecule has 2 aromatic heterocycles. The summed E-state index contributed by atoms with van der Waals surface area (Å²) in [5.74, 6) is 2.17.